The number of aliphatic hydroxyl groups excluding tert-OH is 1. The first kappa shape index (κ1) is 13.8. The summed E-state index contributed by atoms with van der Waals surface area (Å²) in [7, 11) is 0. The molecule has 0 atom stereocenters. The number of fused-ring (bicyclic) bond motifs is 1. The van der Waals surface area contributed by atoms with Gasteiger partial charge in [-0.2, -0.15) is 0 Å². The Balaban J connectivity index is 2.35. The van der Waals surface area contributed by atoms with Crippen molar-refractivity contribution < 1.29 is 14.3 Å². The minimum absolute atomic E-state index is 0.0169. The van der Waals surface area contributed by atoms with Crippen molar-refractivity contribution in [2.45, 2.75) is 6.42 Å². The predicted octanol–water partition coefficient (Wildman–Crippen LogP) is 1.79. The zero-order chi connectivity index (χ0) is 13.8. The van der Waals surface area contributed by atoms with E-state index >= 15 is 0 Å². The lowest BCUT2D eigenvalue weighted by molar-refractivity contribution is 0.0947. The molecule has 1 heterocycles. The lowest BCUT2D eigenvalue weighted by Gasteiger charge is -2.05. The van der Waals surface area contributed by atoms with Gasteiger partial charge in [0, 0.05) is 23.0 Å². The van der Waals surface area contributed by atoms with Gasteiger partial charge in [0.15, 0.2) is 0 Å². The number of hydrogen-bond acceptors (Lipinski definition) is 4. The Morgan fingerprint density at radius 3 is 2.95 bits per heavy atom. The highest BCUT2D eigenvalue weighted by molar-refractivity contribution is 9.10. The van der Waals surface area contributed by atoms with Gasteiger partial charge in [-0.15, -0.1) is 0 Å². The highest BCUT2D eigenvalue weighted by atomic mass is 79.9. The average molecular weight is 325 g/mol. The van der Waals surface area contributed by atoms with Gasteiger partial charge in [0.1, 0.15) is 11.1 Å². The van der Waals surface area contributed by atoms with Gasteiger partial charge in [-0.25, -0.2) is 0 Å². The maximum atomic E-state index is 11.9. The summed E-state index contributed by atoms with van der Waals surface area (Å²) in [5.41, 5.74) is 0.569. The van der Waals surface area contributed by atoms with E-state index in [0.717, 1.165) is 9.86 Å². The van der Waals surface area contributed by atoms with Crippen molar-refractivity contribution in [1.82, 2.24) is 5.32 Å². The Labute approximate surface area is 117 Å². The molecule has 0 aliphatic carbocycles. The third kappa shape index (κ3) is 3.21. The third-order valence-electron chi connectivity index (χ3n) is 2.59. The van der Waals surface area contributed by atoms with Crippen LogP contribution in [0.4, 0.5) is 0 Å². The number of carbonyl (C=O) groups excluding carboxylic acids is 1. The summed E-state index contributed by atoms with van der Waals surface area (Å²) in [6.07, 6.45) is 0.481. The molecule has 0 fully saturated rings. The molecule has 2 rings (SSSR count). The molecule has 3 N–H and O–H groups in total. The molecule has 0 radical (unpaired) electrons. The van der Waals surface area contributed by atoms with Crippen molar-refractivity contribution in [3.8, 4) is 0 Å². The quantitative estimate of drug-likeness (QED) is 0.749. The summed E-state index contributed by atoms with van der Waals surface area (Å²) in [5, 5.41) is 19.8. The number of nitrogens with one attached hydrogen (secondary N) is 2. The van der Waals surface area contributed by atoms with Gasteiger partial charge < -0.3 is 14.8 Å². The Morgan fingerprint density at radius 2 is 2.21 bits per heavy atom. The smallest absolute Gasteiger partial charge is 0.256 e. The first-order valence-electron chi connectivity index (χ1n) is 5.79. The second-order valence-electron chi connectivity index (χ2n) is 4.00. The summed E-state index contributed by atoms with van der Waals surface area (Å²) in [5.74, 6) is -0.371. The molecule has 5 nitrogen and oxygen atoms in total. The standard InChI is InChI=1S/C13H13BrN2O3/c14-9-2-3-11-8(6-9)7-10(12(15)19-11)13(18)16-4-1-5-17/h2-3,6-7,15,17H,1,4-5H2,(H,16,18). The lowest BCUT2D eigenvalue weighted by atomic mass is 10.2. The molecule has 0 saturated carbocycles. The van der Waals surface area contributed by atoms with Crippen LogP contribution in [-0.2, 0) is 0 Å². The van der Waals surface area contributed by atoms with E-state index in [1.165, 1.54) is 0 Å². The van der Waals surface area contributed by atoms with Crippen LogP contribution in [0.1, 0.15) is 16.8 Å². The number of benzene rings is 1. The highest BCUT2D eigenvalue weighted by Gasteiger charge is 2.11. The van der Waals surface area contributed by atoms with Crippen molar-refractivity contribution in [2.75, 3.05) is 13.2 Å². The lowest BCUT2D eigenvalue weighted by Crippen LogP contribution is -2.29. The second kappa shape index (κ2) is 5.99. The van der Waals surface area contributed by atoms with Crippen molar-refractivity contribution in [3.63, 3.8) is 0 Å². The van der Waals surface area contributed by atoms with E-state index < -0.39 is 0 Å². The Hall–Kier alpha value is -1.66. The van der Waals surface area contributed by atoms with Gasteiger partial charge in [-0.3, -0.25) is 10.2 Å². The van der Waals surface area contributed by atoms with Gasteiger partial charge in [-0.1, -0.05) is 15.9 Å². The van der Waals surface area contributed by atoms with E-state index in [9.17, 15) is 4.79 Å². The number of halogens is 1. The van der Waals surface area contributed by atoms with Gasteiger partial charge >= 0.3 is 0 Å². The fraction of sp³-hybridized carbons (Fsp3) is 0.231. The topological polar surface area (TPSA) is 86.3 Å². The molecule has 6 heteroatoms. The summed E-state index contributed by atoms with van der Waals surface area (Å²) >= 11 is 3.35. The normalized spacial score (nSPS) is 10.6. The number of aliphatic hydroxyl groups is 1. The largest absolute Gasteiger partial charge is 0.438 e. The molecule has 2 aromatic rings. The maximum absolute atomic E-state index is 11.9. The number of carbonyl (C=O) groups is 1. The van der Waals surface area contributed by atoms with E-state index in [1.807, 2.05) is 12.1 Å². The summed E-state index contributed by atoms with van der Waals surface area (Å²) < 4.78 is 6.19. The molecule has 1 aromatic heterocycles. The third-order valence-corrected chi connectivity index (χ3v) is 3.09. The molecular formula is C13H13BrN2O3. The Morgan fingerprint density at radius 1 is 1.42 bits per heavy atom. The molecule has 1 aromatic carbocycles. The minimum atomic E-state index is -0.371. The minimum Gasteiger partial charge on any atom is -0.438 e. The fourth-order valence-corrected chi connectivity index (χ4v) is 2.03. The van der Waals surface area contributed by atoms with Crippen LogP contribution in [0, 0.1) is 5.41 Å². The average Bonchev–Trinajstić information content (AvgIpc) is 2.38. The molecule has 19 heavy (non-hydrogen) atoms. The van der Waals surface area contributed by atoms with Crippen LogP contribution in [0.5, 0.6) is 0 Å². The number of rotatable bonds is 4. The molecule has 0 aliphatic heterocycles. The summed E-state index contributed by atoms with van der Waals surface area (Å²) in [6.45, 7) is 0.383. The summed E-state index contributed by atoms with van der Waals surface area (Å²) in [6, 6.07) is 7.00. The second-order valence-corrected chi connectivity index (χ2v) is 4.92. The first-order chi connectivity index (χ1) is 9.11. The van der Waals surface area contributed by atoms with Gasteiger partial charge in [0.2, 0.25) is 5.55 Å². The Bertz CT molecular complexity index is 666. The molecule has 1 amide bonds. The molecule has 0 saturated heterocycles. The molecule has 0 bridgehead atoms. The zero-order valence-corrected chi connectivity index (χ0v) is 11.7. The maximum Gasteiger partial charge on any atom is 0.256 e. The van der Waals surface area contributed by atoms with Gasteiger partial charge in [-0.05, 0) is 30.7 Å². The van der Waals surface area contributed by atoms with Crippen LogP contribution in [0.25, 0.3) is 11.0 Å². The van der Waals surface area contributed by atoms with Crippen LogP contribution in [0.15, 0.2) is 33.2 Å². The molecule has 0 aliphatic rings. The monoisotopic (exact) mass is 324 g/mol. The van der Waals surface area contributed by atoms with E-state index in [0.29, 0.717) is 18.5 Å². The van der Waals surface area contributed by atoms with Crippen LogP contribution >= 0.6 is 15.9 Å². The van der Waals surface area contributed by atoms with E-state index in [1.54, 1.807) is 12.1 Å². The number of hydrogen-bond donors (Lipinski definition) is 3. The van der Waals surface area contributed by atoms with Crippen LogP contribution in [-0.4, -0.2) is 24.2 Å². The van der Waals surface area contributed by atoms with Gasteiger partial charge in [0.05, 0.1) is 0 Å². The molecule has 0 unspecified atom stereocenters. The van der Waals surface area contributed by atoms with Crippen molar-refractivity contribution >= 4 is 32.8 Å². The molecule has 100 valence electrons. The molecule has 0 spiro atoms. The zero-order valence-electron chi connectivity index (χ0n) is 10.1. The fourth-order valence-electron chi connectivity index (χ4n) is 1.66. The first-order valence-corrected chi connectivity index (χ1v) is 6.58. The summed E-state index contributed by atoms with van der Waals surface area (Å²) in [4.78, 5) is 11.9. The predicted molar refractivity (Wildman–Crippen MR) is 73.8 cm³/mol. The van der Waals surface area contributed by atoms with Crippen LogP contribution < -0.4 is 10.9 Å². The van der Waals surface area contributed by atoms with Gasteiger partial charge in [0.25, 0.3) is 5.91 Å². The highest BCUT2D eigenvalue weighted by Crippen LogP contribution is 2.19. The van der Waals surface area contributed by atoms with E-state index in [2.05, 4.69) is 21.2 Å². The van der Waals surface area contributed by atoms with Crippen LogP contribution in [0.3, 0.4) is 0 Å². The van der Waals surface area contributed by atoms with Crippen molar-refractivity contribution in [2.24, 2.45) is 0 Å². The van der Waals surface area contributed by atoms with E-state index in [4.69, 9.17) is 14.9 Å². The SMILES string of the molecule is N=c1oc2ccc(Br)cc2cc1C(=O)NCCCO. The van der Waals surface area contributed by atoms with Crippen molar-refractivity contribution in [3.05, 3.63) is 39.9 Å². The van der Waals surface area contributed by atoms with E-state index in [-0.39, 0.29) is 23.6 Å². The Kier molecular flexibility index (Phi) is 4.34. The number of amides is 1. The van der Waals surface area contributed by atoms with Crippen LogP contribution in [0.2, 0.25) is 0 Å². The van der Waals surface area contributed by atoms with Crippen molar-refractivity contribution in [1.29, 1.82) is 5.41 Å². The molecular weight excluding hydrogens is 312 g/mol.